The van der Waals surface area contributed by atoms with Crippen molar-refractivity contribution in [2.45, 2.75) is 32.7 Å². The third-order valence-corrected chi connectivity index (χ3v) is 6.38. The number of aliphatic hydroxyl groups is 1. The molecule has 1 amide bonds. The van der Waals surface area contributed by atoms with Crippen LogP contribution in [0, 0.1) is 5.92 Å². The Morgan fingerprint density at radius 1 is 1.25 bits per heavy atom. The van der Waals surface area contributed by atoms with Crippen molar-refractivity contribution in [3.63, 3.8) is 0 Å². The fourth-order valence-electron chi connectivity index (χ4n) is 3.79. The van der Waals surface area contributed by atoms with Crippen LogP contribution in [0.25, 0.3) is 0 Å². The van der Waals surface area contributed by atoms with Crippen LogP contribution in [0.2, 0.25) is 0 Å². The van der Waals surface area contributed by atoms with Gasteiger partial charge in [0.1, 0.15) is 5.75 Å². The van der Waals surface area contributed by atoms with Gasteiger partial charge >= 0.3 is 0 Å². The molecule has 0 spiro atoms. The van der Waals surface area contributed by atoms with E-state index in [1.165, 1.54) is 16.2 Å². The minimum atomic E-state index is -0.636. The third kappa shape index (κ3) is 5.58. The standard InChI is InChI=1S/C25H32N2O4S/c1-17(2)11-14-31-19-9-5-8-18(16-19)22-21(23(28)20-10-6-15-32-20)24(29)25(30)27(22)13-7-12-26(3)4/h5-6,8-10,15-17,22,29H,7,11-14H2,1-4H3/p+1/t22-/m1/s1. The molecule has 0 aliphatic carbocycles. The number of quaternary nitrogens is 1. The van der Waals surface area contributed by atoms with Crippen LogP contribution in [0.4, 0.5) is 0 Å². The predicted molar refractivity (Wildman–Crippen MR) is 126 cm³/mol. The summed E-state index contributed by atoms with van der Waals surface area (Å²) in [6, 6.07) is 10.4. The lowest BCUT2D eigenvalue weighted by Crippen LogP contribution is -3.05. The highest BCUT2D eigenvalue weighted by atomic mass is 32.1. The van der Waals surface area contributed by atoms with Crippen LogP contribution in [-0.2, 0) is 4.79 Å². The molecular weight excluding hydrogens is 424 g/mol. The van der Waals surface area contributed by atoms with E-state index < -0.39 is 17.7 Å². The van der Waals surface area contributed by atoms with E-state index in [1.807, 2.05) is 29.6 Å². The molecule has 1 aliphatic rings. The third-order valence-electron chi connectivity index (χ3n) is 5.51. The number of carbonyl (C=O) groups is 2. The van der Waals surface area contributed by atoms with Crippen molar-refractivity contribution in [2.75, 3.05) is 33.8 Å². The molecular formula is C25H33N2O4S+. The van der Waals surface area contributed by atoms with E-state index in [-0.39, 0.29) is 11.4 Å². The number of hydrogen-bond donors (Lipinski definition) is 2. The van der Waals surface area contributed by atoms with Gasteiger partial charge in [0.25, 0.3) is 5.91 Å². The van der Waals surface area contributed by atoms with Crippen molar-refractivity contribution < 1.29 is 24.3 Å². The first kappa shape index (κ1) is 24.0. The minimum absolute atomic E-state index is 0.147. The van der Waals surface area contributed by atoms with Crippen molar-refractivity contribution in [1.29, 1.82) is 0 Å². The highest BCUT2D eigenvalue weighted by Crippen LogP contribution is 2.40. The normalized spacial score (nSPS) is 16.5. The molecule has 1 atom stereocenters. The second kappa shape index (κ2) is 10.8. The number of carbonyl (C=O) groups excluding carboxylic acids is 2. The summed E-state index contributed by atoms with van der Waals surface area (Å²) in [6.07, 6.45) is 1.71. The number of thiophene rings is 1. The molecule has 2 aromatic rings. The molecule has 1 aromatic heterocycles. The maximum absolute atomic E-state index is 13.3. The molecule has 0 radical (unpaired) electrons. The first-order valence-electron chi connectivity index (χ1n) is 11.1. The molecule has 172 valence electrons. The molecule has 0 saturated heterocycles. The summed E-state index contributed by atoms with van der Waals surface area (Å²) in [5.74, 6) is -0.00770. The van der Waals surface area contributed by atoms with E-state index in [2.05, 4.69) is 27.9 Å². The highest BCUT2D eigenvalue weighted by Gasteiger charge is 2.43. The first-order chi connectivity index (χ1) is 15.3. The first-order valence-corrected chi connectivity index (χ1v) is 12.0. The number of benzene rings is 1. The number of nitrogens with zero attached hydrogens (tertiary/aromatic N) is 1. The zero-order valence-corrected chi connectivity index (χ0v) is 20.1. The van der Waals surface area contributed by atoms with Crippen LogP contribution in [0.5, 0.6) is 5.75 Å². The predicted octanol–water partition coefficient (Wildman–Crippen LogP) is 3.29. The monoisotopic (exact) mass is 457 g/mol. The lowest BCUT2D eigenvalue weighted by molar-refractivity contribution is -0.858. The molecule has 0 saturated carbocycles. The van der Waals surface area contributed by atoms with Crippen LogP contribution in [0.1, 0.15) is 48.0 Å². The van der Waals surface area contributed by atoms with E-state index in [9.17, 15) is 14.7 Å². The van der Waals surface area contributed by atoms with E-state index >= 15 is 0 Å². The zero-order valence-electron chi connectivity index (χ0n) is 19.3. The minimum Gasteiger partial charge on any atom is -0.503 e. The highest BCUT2D eigenvalue weighted by molar-refractivity contribution is 7.12. The van der Waals surface area contributed by atoms with Crippen molar-refractivity contribution in [3.05, 3.63) is 63.6 Å². The van der Waals surface area contributed by atoms with E-state index in [0.29, 0.717) is 29.7 Å². The molecule has 6 nitrogen and oxygen atoms in total. The van der Waals surface area contributed by atoms with Gasteiger partial charge in [-0.2, -0.15) is 0 Å². The van der Waals surface area contributed by atoms with Gasteiger partial charge in [-0.15, -0.1) is 11.3 Å². The van der Waals surface area contributed by atoms with Crippen LogP contribution < -0.4 is 9.64 Å². The second-order valence-electron chi connectivity index (χ2n) is 8.88. The summed E-state index contributed by atoms with van der Waals surface area (Å²) in [5, 5.41) is 12.6. The Balaban J connectivity index is 1.94. The van der Waals surface area contributed by atoms with Gasteiger partial charge in [-0.05, 0) is 41.5 Å². The van der Waals surface area contributed by atoms with Gasteiger partial charge in [-0.25, -0.2) is 0 Å². The van der Waals surface area contributed by atoms with Crippen molar-refractivity contribution in [2.24, 2.45) is 5.92 Å². The summed E-state index contributed by atoms with van der Waals surface area (Å²) in [6.45, 7) is 6.23. The number of ketones is 1. The van der Waals surface area contributed by atoms with Gasteiger partial charge in [0.05, 0.1) is 43.7 Å². The van der Waals surface area contributed by atoms with Crippen LogP contribution in [-0.4, -0.2) is 55.5 Å². The molecule has 2 N–H and O–H groups in total. The molecule has 32 heavy (non-hydrogen) atoms. The Labute approximate surface area is 194 Å². The fourth-order valence-corrected chi connectivity index (χ4v) is 4.47. The molecule has 0 fully saturated rings. The Morgan fingerprint density at radius 2 is 2.03 bits per heavy atom. The lowest BCUT2D eigenvalue weighted by Gasteiger charge is -2.27. The Kier molecular flexibility index (Phi) is 8.10. The van der Waals surface area contributed by atoms with Crippen molar-refractivity contribution in [3.8, 4) is 5.75 Å². The van der Waals surface area contributed by atoms with Gasteiger partial charge < -0.3 is 19.6 Å². The summed E-state index contributed by atoms with van der Waals surface area (Å²) < 4.78 is 5.92. The molecule has 0 unspecified atom stereocenters. The number of rotatable bonds is 11. The Bertz CT molecular complexity index is 966. The van der Waals surface area contributed by atoms with Crippen molar-refractivity contribution >= 4 is 23.0 Å². The average Bonchev–Trinajstić information content (AvgIpc) is 3.36. The Hall–Kier alpha value is -2.64. The van der Waals surface area contributed by atoms with Crippen LogP contribution >= 0.6 is 11.3 Å². The maximum Gasteiger partial charge on any atom is 0.290 e. The number of amides is 1. The number of nitrogens with one attached hydrogen (secondary N) is 1. The zero-order chi connectivity index (χ0) is 23.3. The van der Waals surface area contributed by atoms with Gasteiger partial charge in [0.2, 0.25) is 5.78 Å². The van der Waals surface area contributed by atoms with Crippen LogP contribution in [0.3, 0.4) is 0 Å². The molecule has 7 heteroatoms. The molecule has 2 heterocycles. The summed E-state index contributed by atoms with van der Waals surface area (Å²) in [7, 11) is 4.12. The molecule has 3 rings (SSSR count). The van der Waals surface area contributed by atoms with Gasteiger partial charge in [0, 0.05) is 13.0 Å². The molecule has 1 aromatic carbocycles. The largest absolute Gasteiger partial charge is 0.503 e. The number of aliphatic hydroxyl groups excluding tert-OH is 1. The van der Waals surface area contributed by atoms with E-state index in [0.717, 1.165) is 24.9 Å². The lowest BCUT2D eigenvalue weighted by atomic mass is 9.95. The number of Topliss-reactive ketones (excluding diaryl/α,β-unsaturated/α-hetero) is 1. The topological polar surface area (TPSA) is 71.3 Å². The molecule has 0 bridgehead atoms. The van der Waals surface area contributed by atoms with Crippen molar-refractivity contribution in [1.82, 2.24) is 4.90 Å². The second-order valence-corrected chi connectivity index (χ2v) is 9.83. The maximum atomic E-state index is 13.3. The van der Waals surface area contributed by atoms with Crippen LogP contribution in [0.15, 0.2) is 53.1 Å². The van der Waals surface area contributed by atoms with Gasteiger partial charge in [-0.3, -0.25) is 9.59 Å². The quantitative estimate of drug-likeness (QED) is 0.508. The smallest absolute Gasteiger partial charge is 0.290 e. The fraction of sp³-hybridized carbons (Fsp3) is 0.440. The number of ether oxygens (including phenoxy) is 1. The number of hydrogen-bond acceptors (Lipinski definition) is 5. The summed E-state index contributed by atoms with van der Waals surface area (Å²) >= 11 is 1.31. The van der Waals surface area contributed by atoms with E-state index in [1.54, 1.807) is 17.0 Å². The average molecular weight is 458 g/mol. The SMILES string of the molecule is CC(C)CCOc1cccc([C@@H]2C(C(=O)c3cccs3)=C(O)C(=O)N2CCC[NH+](C)C)c1. The Morgan fingerprint density at radius 3 is 2.69 bits per heavy atom. The summed E-state index contributed by atoms with van der Waals surface area (Å²) in [5.41, 5.74) is 0.913. The van der Waals surface area contributed by atoms with Gasteiger partial charge in [0.15, 0.2) is 5.76 Å². The molecule has 1 aliphatic heterocycles. The van der Waals surface area contributed by atoms with Gasteiger partial charge in [-0.1, -0.05) is 32.0 Å². The van der Waals surface area contributed by atoms with E-state index in [4.69, 9.17) is 4.74 Å². The summed E-state index contributed by atoms with van der Waals surface area (Å²) in [4.78, 5) is 29.7.